The number of halogens is 1. The van der Waals surface area contributed by atoms with Crippen molar-refractivity contribution in [3.8, 4) is 17.0 Å². The maximum Gasteiger partial charge on any atom is 0.266 e. The largest absolute Gasteiger partial charge is 0.481 e. The number of carbonyl (C=O) groups excluding carboxylic acids is 1. The van der Waals surface area contributed by atoms with Crippen LogP contribution >= 0.6 is 22.9 Å². The monoisotopic (exact) mass is 400 g/mol. The van der Waals surface area contributed by atoms with Crippen molar-refractivity contribution in [3.05, 3.63) is 63.5 Å². The first-order valence-corrected chi connectivity index (χ1v) is 9.86. The second-order valence-corrected chi connectivity index (χ2v) is 7.76. The van der Waals surface area contributed by atoms with Gasteiger partial charge in [-0.1, -0.05) is 41.4 Å². The second-order valence-electron chi connectivity index (χ2n) is 6.52. The van der Waals surface area contributed by atoms with E-state index in [9.17, 15) is 4.79 Å². The molecule has 0 aliphatic heterocycles. The third-order valence-electron chi connectivity index (χ3n) is 4.17. The molecule has 0 spiro atoms. The summed E-state index contributed by atoms with van der Waals surface area (Å²) in [6.45, 7) is 7.58. The predicted octanol–water partition coefficient (Wildman–Crippen LogP) is 5.79. The van der Waals surface area contributed by atoms with Gasteiger partial charge in [0.15, 0.2) is 11.2 Å². The molecule has 1 unspecified atom stereocenters. The fourth-order valence-corrected chi connectivity index (χ4v) is 3.46. The third kappa shape index (κ3) is 4.67. The van der Waals surface area contributed by atoms with E-state index >= 15 is 0 Å². The van der Waals surface area contributed by atoms with Gasteiger partial charge in [0, 0.05) is 16.0 Å². The molecular weight excluding hydrogens is 380 g/mol. The minimum absolute atomic E-state index is 0.245. The lowest BCUT2D eigenvalue weighted by atomic mass is 10.1. The van der Waals surface area contributed by atoms with Crippen LogP contribution in [0.15, 0.2) is 41.8 Å². The van der Waals surface area contributed by atoms with Crippen molar-refractivity contribution in [3.63, 3.8) is 0 Å². The molecule has 4 nitrogen and oxygen atoms in total. The summed E-state index contributed by atoms with van der Waals surface area (Å²) in [7, 11) is 0. The SMILES string of the molecule is Cc1ccc(-c2csc(NC(=O)C(C)Oc3cc(C)c(Cl)c(C)c3)n2)cc1. The van der Waals surface area contributed by atoms with Crippen LogP contribution in [0, 0.1) is 20.8 Å². The molecule has 27 heavy (non-hydrogen) atoms. The Bertz CT molecular complexity index is 944. The van der Waals surface area contributed by atoms with Crippen molar-refractivity contribution in [2.24, 2.45) is 0 Å². The van der Waals surface area contributed by atoms with Crippen LogP contribution in [0.25, 0.3) is 11.3 Å². The average molecular weight is 401 g/mol. The van der Waals surface area contributed by atoms with E-state index in [1.54, 1.807) is 6.92 Å². The first kappa shape index (κ1) is 19.4. The maximum atomic E-state index is 12.4. The number of amides is 1. The molecule has 140 valence electrons. The number of ether oxygens (including phenoxy) is 1. The zero-order valence-electron chi connectivity index (χ0n) is 15.7. The number of carbonyl (C=O) groups is 1. The molecule has 3 aromatic rings. The summed E-state index contributed by atoms with van der Waals surface area (Å²) >= 11 is 7.57. The van der Waals surface area contributed by atoms with Crippen molar-refractivity contribution >= 4 is 34.0 Å². The molecule has 1 amide bonds. The van der Waals surface area contributed by atoms with Crippen molar-refractivity contribution in [2.45, 2.75) is 33.8 Å². The average Bonchev–Trinajstić information content (AvgIpc) is 3.08. The Hall–Kier alpha value is -2.37. The summed E-state index contributed by atoms with van der Waals surface area (Å²) in [6.07, 6.45) is -0.656. The van der Waals surface area contributed by atoms with Gasteiger partial charge in [-0.3, -0.25) is 10.1 Å². The standard InChI is InChI=1S/C21H21ClN2O2S/c1-12-5-7-16(8-6-12)18-11-27-21(23-18)24-20(25)15(4)26-17-9-13(2)19(22)14(3)10-17/h5-11,15H,1-4H3,(H,23,24,25). The van der Waals surface area contributed by atoms with Crippen LogP contribution in [0.4, 0.5) is 5.13 Å². The second kappa shape index (κ2) is 8.11. The van der Waals surface area contributed by atoms with E-state index in [0.29, 0.717) is 15.9 Å². The van der Waals surface area contributed by atoms with Gasteiger partial charge in [-0.25, -0.2) is 4.98 Å². The van der Waals surface area contributed by atoms with Crippen molar-refractivity contribution in [1.82, 2.24) is 4.98 Å². The summed E-state index contributed by atoms with van der Waals surface area (Å²) in [4.78, 5) is 16.9. The number of nitrogens with zero attached hydrogens (tertiary/aromatic N) is 1. The number of hydrogen-bond donors (Lipinski definition) is 1. The number of nitrogens with one attached hydrogen (secondary N) is 1. The van der Waals surface area contributed by atoms with E-state index in [1.165, 1.54) is 16.9 Å². The molecule has 3 rings (SSSR count). The number of rotatable bonds is 5. The van der Waals surface area contributed by atoms with E-state index in [0.717, 1.165) is 22.4 Å². The molecular formula is C21H21ClN2O2S. The van der Waals surface area contributed by atoms with Crippen LogP contribution in [0.5, 0.6) is 5.75 Å². The normalized spacial score (nSPS) is 11.9. The van der Waals surface area contributed by atoms with Crippen molar-refractivity contribution in [1.29, 1.82) is 0 Å². The molecule has 0 radical (unpaired) electrons. The molecule has 0 aliphatic carbocycles. The highest BCUT2D eigenvalue weighted by Gasteiger charge is 2.17. The van der Waals surface area contributed by atoms with E-state index in [2.05, 4.69) is 10.3 Å². The Balaban J connectivity index is 1.66. The fourth-order valence-electron chi connectivity index (χ4n) is 2.63. The van der Waals surface area contributed by atoms with Gasteiger partial charge in [0.05, 0.1) is 5.69 Å². The van der Waals surface area contributed by atoms with Crippen LogP contribution < -0.4 is 10.1 Å². The molecule has 0 aliphatic rings. The first-order chi connectivity index (χ1) is 12.8. The van der Waals surface area contributed by atoms with Gasteiger partial charge in [-0.15, -0.1) is 11.3 Å². The molecule has 0 bridgehead atoms. The van der Waals surface area contributed by atoms with Gasteiger partial charge >= 0.3 is 0 Å². The molecule has 6 heteroatoms. The fraction of sp³-hybridized carbons (Fsp3) is 0.238. The Morgan fingerprint density at radius 1 is 1.15 bits per heavy atom. The zero-order chi connectivity index (χ0) is 19.6. The van der Waals surface area contributed by atoms with Crippen molar-refractivity contribution < 1.29 is 9.53 Å². The van der Waals surface area contributed by atoms with Gasteiger partial charge in [-0.05, 0) is 51.0 Å². The molecule has 2 aromatic carbocycles. The van der Waals surface area contributed by atoms with Crippen LogP contribution in [-0.2, 0) is 4.79 Å². The summed E-state index contributed by atoms with van der Waals surface area (Å²) in [6, 6.07) is 11.8. The lowest BCUT2D eigenvalue weighted by Crippen LogP contribution is -2.30. The Labute approximate surface area is 168 Å². The molecule has 1 heterocycles. The van der Waals surface area contributed by atoms with Gasteiger partial charge in [0.1, 0.15) is 5.75 Å². The lowest BCUT2D eigenvalue weighted by molar-refractivity contribution is -0.122. The van der Waals surface area contributed by atoms with Crippen LogP contribution in [0.3, 0.4) is 0 Å². The Morgan fingerprint density at radius 3 is 2.41 bits per heavy atom. The molecule has 0 saturated carbocycles. The Kier molecular flexibility index (Phi) is 5.82. The summed E-state index contributed by atoms with van der Waals surface area (Å²) in [5.74, 6) is 0.376. The van der Waals surface area contributed by atoms with Crippen LogP contribution in [-0.4, -0.2) is 17.0 Å². The molecule has 0 saturated heterocycles. The van der Waals surface area contributed by atoms with Crippen LogP contribution in [0.2, 0.25) is 5.02 Å². The predicted molar refractivity (Wildman–Crippen MR) is 112 cm³/mol. The molecule has 0 fully saturated rings. The van der Waals surface area contributed by atoms with E-state index in [1.807, 2.05) is 62.5 Å². The molecule has 1 aromatic heterocycles. The van der Waals surface area contributed by atoms with Crippen molar-refractivity contribution in [2.75, 3.05) is 5.32 Å². The number of aromatic nitrogens is 1. The third-order valence-corrected chi connectivity index (χ3v) is 5.53. The quantitative estimate of drug-likeness (QED) is 0.589. The highest BCUT2D eigenvalue weighted by atomic mass is 35.5. The maximum absolute atomic E-state index is 12.4. The van der Waals surface area contributed by atoms with E-state index in [-0.39, 0.29) is 5.91 Å². The topological polar surface area (TPSA) is 51.2 Å². The zero-order valence-corrected chi connectivity index (χ0v) is 17.2. The highest BCUT2D eigenvalue weighted by molar-refractivity contribution is 7.14. The molecule has 1 N–H and O–H groups in total. The number of thiazole rings is 1. The van der Waals surface area contributed by atoms with Gasteiger partial charge in [-0.2, -0.15) is 0 Å². The summed E-state index contributed by atoms with van der Waals surface area (Å²) < 4.78 is 5.78. The Morgan fingerprint density at radius 2 is 1.78 bits per heavy atom. The number of benzene rings is 2. The minimum atomic E-state index is -0.656. The first-order valence-electron chi connectivity index (χ1n) is 8.60. The summed E-state index contributed by atoms with van der Waals surface area (Å²) in [5.41, 5.74) is 4.90. The minimum Gasteiger partial charge on any atom is -0.481 e. The van der Waals surface area contributed by atoms with Gasteiger partial charge in [0.25, 0.3) is 5.91 Å². The number of hydrogen-bond acceptors (Lipinski definition) is 4. The van der Waals surface area contributed by atoms with E-state index in [4.69, 9.17) is 16.3 Å². The van der Waals surface area contributed by atoms with Gasteiger partial charge in [0.2, 0.25) is 0 Å². The lowest BCUT2D eigenvalue weighted by Gasteiger charge is -2.15. The van der Waals surface area contributed by atoms with E-state index < -0.39 is 6.10 Å². The summed E-state index contributed by atoms with van der Waals surface area (Å²) in [5, 5.41) is 6.01. The smallest absolute Gasteiger partial charge is 0.266 e. The van der Waals surface area contributed by atoms with Crippen LogP contribution in [0.1, 0.15) is 23.6 Å². The van der Waals surface area contributed by atoms with Gasteiger partial charge < -0.3 is 4.74 Å². The number of aryl methyl sites for hydroxylation is 3. The number of anilines is 1. The highest BCUT2D eigenvalue weighted by Crippen LogP contribution is 2.27. The molecule has 1 atom stereocenters.